The lowest BCUT2D eigenvalue weighted by molar-refractivity contribution is -0.101. The predicted octanol–water partition coefficient (Wildman–Crippen LogP) is 2.77. The van der Waals surface area contributed by atoms with E-state index in [9.17, 15) is 0 Å². The van der Waals surface area contributed by atoms with E-state index < -0.39 is 9.28 Å². The van der Waals surface area contributed by atoms with E-state index in [-0.39, 0.29) is 18.3 Å². The van der Waals surface area contributed by atoms with Gasteiger partial charge in [-0.1, -0.05) is 67.2 Å². The van der Waals surface area contributed by atoms with Crippen molar-refractivity contribution in [3.63, 3.8) is 0 Å². The van der Waals surface area contributed by atoms with Crippen molar-refractivity contribution in [2.45, 2.75) is 18.3 Å². The Hall–Kier alpha value is -2.34. The van der Waals surface area contributed by atoms with Gasteiger partial charge in [0.05, 0.1) is 12.9 Å². The number of fused-ring (bicyclic) bond motifs is 1. The summed E-state index contributed by atoms with van der Waals surface area (Å²) in [4.78, 5) is 0. The van der Waals surface area contributed by atoms with Gasteiger partial charge >= 0.3 is 9.28 Å². The van der Waals surface area contributed by atoms with Crippen LogP contribution in [0.15, 0.2) is 79.6 Å². The number of rotatable bonds is 4. The second kappa shape index (κ2) is 7.27. The fourth-order valence-corrected chi connectivity index (χ4v) is 4.59. The summed E-state index contributed by atoms with van der Waals surface area (Å²) in [5, 5.41) is 1.08. The molecule has 3 atom stereocenters. The molecule has 1 fully saturated rings. The third-order valence-corrected chi connectivity index (χ3v) is 5.94. The van der Waals surface area contributed by atoms with Gasteiger partial charge in [0.15, 0.2) is 0 Å². The quantitative estimate of drug-likeness (QED) is 0.627. The molecule has 1 saturated heterocycles. The summed E-state index contributed by atoms with van der Waals surface area (Å²) in [5.41, 5.74) is 0.958. The van der Waals surface area contributed by atoms with Crippen LogP contribution in [-0.4, -0.2) is 34.2 Å². The minimum absolute atomic E-state index is 0.170. The van der Waals surface area contributed by atoms with Gasteiger partial charge in [0.2, 0.25) is 0 Å². The van der Waals surface area contributed by atoms with E-state index in [1.807, 2.05) is 66.7 Å². The maximum absolute atomic E-state index is 6.26. The Morgan fingerprint density at radius 2 is 1.76 bits per heavy atom. The van der Waals surface area contributed by atoms with Crippen molar-refractivity contribution in [2.24, 2.45) is 0 Å². The molecule has 2 aliphatic rings. The Morgan fingerprint density at radius 3 is 2.52 bits per heavy atom. The minimum atomic E-state index is -1.55. The summed E-state index contributed by atoms with van der Waals surface area (Å²) in [6.45, 7) is 4.55. The van der Waals surface area contributed by atoms with E-state index in [0.717, 1.165) is 10.8 Å². The second-order valence-corrected chi connectivity index (χ2v) is 7.60. The van der Waals surface area contributed by atoms with E-state index >= 15 is 0 Å². The lowest BCUT2D eigenvalue weighted by atomic mass is 10.1. The van der Waals surface area contributed by atoms with Crippen molar-refractivity contribution < 1.29 is 18.3 Å². The first kappa shape index (κ1) is 16.1. The van der Waals surface area contributed by atoms with Crippen LogP contribution in [0, 0.1) is 0 Å². The van der Waals surface area contributed by atoms with E-state index in [4.69, 9.17) is 18.3 Å². The van der Waals surface area contributed by atoms with Crippen LogP contribution in [-0.2, 0) is 18.3 Å². The molecule has 0 spiro atoms. The average molecular weight is 351 g/mol. The summed E-state index contributed by atoms with van der Waals surface area (Å²) in [6.07, 6.45) is 2.91. The third-order valence-electron chi connectivity index (χ3n) is 4.22. The zero-order valence-electron chi connectivity index (χ0n) is 13.7. The van der Waals surface area contributed by atoms with Crippen molar-refractivity contribution in [3.05, 3.63) is 85.1 Å². The van der Waals surface area contributed by atoms with Crippen LogP contribution in [0.4, 0.5) is 0 Å². The molecule has 4 rings (SSSR count). The maximum Gasteiger partial charge on any atom is 0.424 e. The van der Waals surface area contributed by atoms with E-state index in [2.05, 4.69) is 6.58 Å². The maximum atomic E-state index is 6.26. The molecule has 2 aromatic rings. The fourth-order valence-electron chi connectivity index (χ4n) is 2.90. The van der Waals surface area contributed by atoms with Crippen LogP contribution >= 0.6 is 0 Å². The van der Waals surface area contributed by atoms with Crippen molar-refractivity contribution in [1.82, 2.24) is 0 Å². The van der Waals surface area contributed by atoms with Gasteiger partial charge in [-0.25, -0.2) is 0 Å². The molecule has 0 aliphatic carbocycles. The summed E-state index contributed by atoms with van der Waals surface area (Å²) in [7, 11) is -1.55. The predicted molar refractivity (Wildman–Crippen MR) is 97.0 cm³/mol. The topological polar surface area (TPSA) is 36.9 Å². The summed E-state index contributed by atoms with van der Waals surface area (Å²) in [5.74, 6) is 0.625. The van der Waals surface area contributed by atoms with Crippen molar-refractivity contribution in [3.8, 4) is 0 Å². The molecule has 2 aromatic carbocycles. The normalized spacial score (nSPS) is 25.7. The SMILES string of the molecule is C=C(O[C@@H]1C=CO[C@@H]2CO[Si](c3ccccc3)O[C@@H]12)c1ccccc1. The molecule has 0 saturated carbocycles. The Labute approximate surface area is 149 Å². The third kappa shape index (κ3) is 3.53. The molecule has 5 heteroatoms. The van der Waals surface area contributed by atoms with Crippen LogP contribution in [0.3, 0.4) is 0 Å². The summed E-state index contributed by atoms with van der Waals surface area (Å²) in [6, 6.07) is 19.9. The van der Waals surface area contributed by atoms with E-state index in [1.165, 1.54) is 0 Å². The van der Waals surface area contributed by atoms with E-state index in [1.54, 1.807) is 6.26 Å². The first-order valence-corrected chi connectivity index (χ1v) is 9.58. The summed E-state index contributed by atoms with van der Waals surface area (Å²) < 4.78 is 23.9. The molecule has 25 heavy (non-hydrogen) atoms. The minimum Gasteiger partial charge on any atom is -0.493 e. The molecule has 0 N–H and O–H groups in total. The Balaban J connectivity index is 1.49. The molecule has 2 aliphatic heterocycles. The molecule has 127 valence electrons. The Kier molecular flexibility index (Phi) is 4.69. The second-order valence-electron chi connectivity index (χ2n) is 5.92. The summed E-state index contributed by atoms with van der Waals surface area (Å²) >= 11 is 0. The molecular weight excluding hydrogens is 332 g/mol. The highest BCUT2D eigenvalue weighted by Crippen LogP contribution is 2.27. The van der Waals surface area contributed by atoms with Crippen LogP contribution in [0.5, 0.6) is 0 Å². The molecular formula is C20H19O4Si. The molecule has 4 nitrogen and oxygen atoms in total. The average Bonchev–Trinajstić information content (AvgIpc) is 2.69. The Morgan fingerprint density at radius 1 is 1.04 bits per heavy atom. The van der Waals surface area contributed by atoms with Gasteiger partial charge in [-0.2, -0.15) is 0 Å². The molecule has 0 aromatic heterocycles. The van der Waals surface area contributed by atoms with Gasteiger partial charge in [-0.05, 0) is 11.3 Å². The molecule has 0 bridgehead atoms. The standard InChI is InChI=1S/C20H19O4Si/c1-15(16-8-4-2-5-9-16)23-18-12-13-21-19-14-22-25(24-20(18)19)17-10-6-3-7-11-17/h2-13,18-20H,1,14H2/t18-,19-,20+/m1/s1. The number of ether oxygens (including phenoxy) is 2. The van der Waals surface area contributed by atoms with Crippen molar-refractivity contribution in [1.29, 1.82) is 0 Å². The smallest absolute Gasteiger partial charge is 0.424 e. The van der Waals surface area contributed by atoms with Crippen LogP contribution in [0.1, 0.15) is 5.56 Å². The highest BCUT2D eigenvalue weighted by molar-refractivity contribution is 6.61. The molecule has 0 unspecified atom stereocenters. The van der Waals surface area contributed by atoms with Crippen LogP contribution in [0.25, 0.3) is 5.76 Å². The monoisotopic (exact) mass is 351 g/mol. The van der Waals surface area contributed by atoms with E-state index in [0.29, 0.717) is 12.4 Å². The van der Waals surface area contributed by atoms with Gasteiger partial charge in [0, 0.05) is 5.56 Å². The molecule has 2 heterocycles. The van der Waals surface area contributed by atoms with Crippen LogP contribution in [0.2, 0.25) is 0 Å². The molecule has 1 radical (unpaired) electrons. The van der Waals surface area contributed by atoms with Gasteiger partial charge in [-0.3, -0.25) is 0 Å². The largest absolute Gasteiger partial charge is 0.493 e. The fraction of sp³-hybridized carbons (Fsp3) is 0.200. The number of benzene rings is 2. The molecule has 0 amide bonds. The first-order chi connectivity index (χ1) is 12.3. The first-order valence-electron chi connectivity index (χ1n) is 8.26. The lowest BCUT2D eigenvalue weighted by Crippen LogP contribution is -2.57. The van der Waals surface area contributed by atoms with Gasteiger partial charge < -0.3 is 18.3 Å². The number of hydrogen-bond donors (Lipinski definition) is 0. The lowest BCUT2D eigenvalue weighted by Gasteiger charge is -2.40. The number of hydrogen-bond acceptors (Lipinski definition) is 4. The zero-order chi connectivity index (χ0) is 17.1. The van der Waals surface area contributed by atoms with Gasteiger partial charge in [0.25, 0.3) is 0 Å². The van der Waals surface area contributed by atoms with Crippen molar-refractivity contribution in [2.75, 3.05) is 6.61 Å². The van der Waals surface area contributed by atoms with Gasteiger partial charge in [-0.15, -0.1) is 0 Å². The zero-order valence-corrected chi connectivity index (χ0v) is 14.7. The highest BCUT2D eigenvalue weighted by Gasteiger charge is 2.43. The van der Waals surface area contributed by atoms with Crippen LogP contribution < -0.4 is 5.19 Å². The highest BCUT2D eigenvalue weighted by atomic mass is 28.3. The Bertz CT molecular complexity index is 747. The van der Waals surface area contributed by atoms with Gasteiger partial charge in [0.1, 0.15) is 24.1 Å². The van der Waals surface area contributed by atoms with Crippen molar-refractivity contribution >= 4 is 20.2 Å².